The fraction of sp³-hybridized carbons (Fsp3) is 0.615. The van der Waals surface area contributed by atoms with Crippen LogP contribution in [0.2, 0.25) is 0 Å². The third-order valence-electron chi connectivity index (χ3n) is 3.41. The number of ketones is 1. The predicted octanol–water partition coefficient (Wildman–Crippen LogP) is 3.11. The lowest BCUT2D eigenvalue weighted by molar-refractivity contribution is 0.0707. The van der Waals surface area contributed by atoms with Crippen LogP contribution in [0.4, 0.5) is 0 Å². The molecule has 1 saturated heterocycles. The second-order valence-electron chi connectivity index (χ2n) is 5.07. The normalized spacial score (nSPS) is 17.9. The molecule has 2 rings (SSSR count). The van der Waals surface area contributed by atoms with Gasteiger partial charge in [-0.3, -0.25) is 9.69 Å². The first-order valence-corrected chi connectivity index (χ1v) is 6.75. The highest BCUT2D eigenvalue weighted by Gasteiger charge is 2.36. The second-order valence-corrected chi connectivity index (χ2v) is 5.98. The Labute approximate surface area is 101 Å². The van der Waals surface area contributed by atoms with E-state index in [2.05, 4.69) is 18.7 Å². The van der Waals surface area contributed by atoms with Gasteiger partial charge in [0, 0.05) is 0 Å². The van der Waals surface area contributed by atoms with Gasteiger partial charge in [-0.05, 0) is 63.7 Å². The van der Waals surface area contributed by atoms with Crippen LogP contribution in [0.25, 0.3) is 0 Å². The van der Waals surface area contributed by atoms with Gasteiger partial charge in [0.25, 0.3) is 0 Å². The molecule has 16 heavy (non-hydrogen) atoms. The zero-order valence-electron chi connectivity index (χ0n) is 10.2. The van der Waals surface area contributed by atoms with E-state index in [9.17, 15) is 4.79 Å². The number of hydrogen-bond acceptors (Lipinski definition) is 3. The van der Waals surface area contributed by atoms with Crippen LogP contribution in [-0.2, 0) is 0 Å². The van der Waals surface area contributed by atoms with Crippen LogP contribution in [0.1, 0.15) is 41.9 Å². The van der Waals surface area contributed by atoms with Crippen molar-refractivity contribution >= 4 is 17.1 Å². The number of carbonyl (C=O) groups excluding carboxylic acids is 1. The van der Waals surface area contributed by atoms with Gasteiger partial charge in [-0.25, -0.2) is 0 Å². The molecule has 0 amide bonds. The van der Waals surface area contributed by atoms with Crippen LogP contribution >= 0.6 is 11.3 Å². The molecule has 88 valence electrons. The summed E-state index contributed by atoms with van der Waals surface area (Å²) in [5.74, 6) is 0.271. The van der Waals surface area contributed by atoms with Crippen molar-refractivity contribution in [2.24, 2.45) is 0 Å². The summed E-state index contributed by atoms with van der Waals surface area (Å²) in [6, 6.07) is 2.00. The van der Waals surface area contributed by atoms with Crippen LogP contribution in [0.5, 0.6) is 0 Å². The summed E-state index contributed by atoms with van der Waals surface area (Å²) in [6.07, 6.45) is 2.44. The Hall–Kier alpha value is -0.670. The monoisotopic (exact) mass is 237 g/mol. The molecule has 0 spiro atoms. The van der Waals surface area contributed by atoms with E-state index in [-0.39, 0.29) is 11.3 Å². The standard InChI is InChI=1S/C13H19NOS/c1-10-8-11(16-9-10)12(15)13(2,3)14-6-4-5-7-14/h8-9H,4-7H2,1-3H3. The maximum atomic E-state index is 12.4. The maximum Gasteiger partial charge on any atom is 0.192 e. The summed E-state index contributed by atoms with van der Waals surface area (Å²) >= 11 is 1.57. The molecule has 1 aliphatic rings. The van der Waals surface area contributed by atoms with E-state index in [1.807, 2.05) is 18.4 Å². The van der Waals surface area contributed by atoms with E-state index < -0.39 is 0 Å². The van der Waals surface area contributed by atoms with Crippen molar-refractivity contribution < 1.29 is 4.79 Å². The highest BCUT2D eigenvalue weighted by molar-refractivity contribution is 7.12. The van der Waals surface area contributed by atoms with Crippen molar-refractivity contribution in [3.63, 3.8) is 0 Å². The minimum Gasteiger partial charge on any atom is -0.291 e. The Morgan fingerprint density at radius 1 is 1.38 bits per heavy atom. The van der Waals surface area contributed by atoms with E-state index in [0.29, 0.717) is 0 Å². The average Bonchev–Trinajstić information content (AvgIpc) is 2.86. The summed E-state index contributed by atoms with van der Waals surface area (Å²) in [6.45, 7) is 8.26. The van der Waals surface area contributed by atoms with E-state index in [0.717, 1.165) is 18.0 Å². The molecular weight excluding hydrogens is 218 g/mol. The first-order valence-electron chi connectivity index (χ1n) is 5.87. The highest BCUT2D eigenvalue weighted by atomic mass is 32.1. The molecule has 0 radical (unpaired) electrons. The van der Waals surface area contributed by atoms with Gasteiger partial charge >= 0.3 is 0 Å². The number of likely N-dealkylation sites (tertiary alicyclic amines) is 1. The van der Waals surface area contributed by atoms with Crippen molar-refractivity contribution in [2.45, 2.75) is 39.2 Å². The van der Waals surface area contributed by atoms with Gasteiger partial charge < -0.3 is 0 Å². The summed E-state index contributed by atoms with van der Waals surface area (Å²) in [7, 11) is 0. The molecule has 1 fully saturated rings. The van der Waals surface area contributed by atoms with Gasteiger partial charge in [0.05, 0.1) is 10.4 Å². The van der Waals surface area contributed by atoms with E-state index in [1.165, 1.54) is 18.4 Å². The molecule has 0 bridgehead atoms. The van der Waals surface area contributed by atoms with E-state index >= 15 is 0 Å². The smallest absolute Gasteiger partial charge is 0.192 e. The first kappa shape index (κ1) is 11.8. The number of rotatable bonds is 3. The minimum atomic E-state index is -0.339. The van der Waals surface area contributed by atoms with Crippen LogP contribution in [0.3, 0.4) is 0 Å². The molecule has 2 nitrogen and oxygen atoms in total. The molecule has 3 heteroatoms. The van der Waals surface area contributed by atoms with Crippen molar-refractivity contribution in [3.8, 4) is 0 Å². The van der Waals surface area contributed by atoms with Crippen molar-refractivity contribution in [3.05, 3.63) is 21.9 Å². The predicted molar refractivity (Wildman–Crippen MR) is 68.3 cm³/mol. The van der Waals surface area contributed by atoms with Gasteiger partial charge in [0.15, 0.2) is 5.78 Å². The average molecular weight is 237 g/mol. The van der Waals surface area contributed by atoms with Crippen LogP contribution in [0, 0.1) is 6.92 Å². The Kier molecular flexibility index (Phi) is 3.17. The lowest BCUT2D eigenvalue weighted by atomic mass is 9.95. The molecular formula is C13H19NOS. The van der Waals surface area contributed by atoms with E-state index in [4.69, 9.17) is 0 Å². The zero-order chi connectivity index (χ0) is 11.8. The summed E-state index contributed by atoms with van der Waals surface area (Å²) < 4.78 is 0. The topological polar surface area (TPSA) is 20.3 Å². The Morgan fingerprint density at radius 3 is 2.50 bits per heavy atom. The molecule has 0 saturated carbocycles. The summed E-state index contributed by atoms with van der Waals surface area (Å²) in [5.41, 5.74) is 0.846. The molecule has 0 aromatic carbocycles. The minimum absolute atomic E-state index is 0.271. The largest absolute Gasteiger partial charge is 0.291 e. The quantitative estimate of drug-likeness (QED) is 0.753. The highest BCUT2D eigenvalue weighted by Crippen LogP contribution is 2.27. The molecule has 0 unspecified atom stereocenters. The van der Waals surface area contributed by atoms with Gasteiger partial charge in [-0.1, -0.05) is 0 Å². The molecule has 1 aliphatic heterocycles. The third-order valence-corrected chi connectivity index (χ3v) is 4.45. The lowest BCUT2D eigenvalue weighted by Gasteiger charge is -2.33. The molecule has 2 heterocycles. The lowest BCUT2D eigenvalue weighted by Crippen LogP contribution is -2.48. The second kappa shape index (κ2) is 4.30. The van der Waals surface area contributed by atoms with Crippen LogP contribution in [-0.4, -0.2) is 29.3 Å². The Bertz CT molecular complexity index is 388. The molecule has 1 aromatic rings. The van der Waals surface area contributed by atoms with Crippen LogP contribution in [0.15, 0.2) is 11.4 Å². The number of hydrogen-bond donors (Lipinski definition) is 0. The van der Waals surface area contributed by atoms with Crippen molar-refractivity contribution in [2.75, 3.05) is 13.1 Å². The van der Waals surface area contributed by atoms with Gasteiger partial charge in [-0.2, -0.15) is 0 Å². The number of thiophene rings is 1. The van der Waals surface area contributed by atoms with Crippen molar-refractivity contribution in [1.29, 1.82) is 0 Å². The van der Waals surface area contributed by atoms with Crippen LogP contribution < -0.4 is 0 Å². The summed E-state index contributed by atoms with van der Waals surface area (Å²) in [5, 5.41) is 2.05. The molecule has 0 aliphatic carbocycles. The molecule has 1 aromatic heterocycles. The van der Waals surface area contributed by atoms with Gasteiger partial charge in [-0.15, -0.1) is 11.3 Å². The SMILES string of the molecule is Cc1csc(C(=O)C(C)(C)N2CCCC2)c1. The Morgan fingerprint density at radius 2 is 2.00 bits per heavy atom. The maximum absolute atomic E-state index is 12.4. The number of aryl methyl sites for hydroxylation is 1. The third kappa shape index (κ3) is 2.06. The zero-order valence-corrected chi connectivity index (χ0v) is 11.1. The first-order chi connectivity index (χ1) is 7.51. The number of Topliss-reactive ketones (excluding diaryl/α,β-unsaturated/α-hetero) is 1. The fourth-order valence-electron chi connectivity index (χ4n) is 2.27. The van der Waals surface area contributed by atoms with E-state index in [1.54, 1.807) is 11.3 Å². The summed E-state index contributed by atoms with van der Waals surface area (Å²) in [4.78, 5) is 15.6. The Balaban J connectivity index is 2.19. The van der Waals surface area contributed by atoms with Crippen molar-refractivity contribution in [1.82, 2.24) is 4.90 Å². The molecule has 0 atom stereocenters. The number of carbonyl (C=O) groups is 1. The number of nitrogens with zero attached hydrogens (tertiary/aromatic N) is 1. The van der Waals surface area contributed by atoms with Gasteiger partial charge in [0.1, 0.15) is 0 Å². The van der Waals surface area contributed by atoms with Gasteiger partial charge in [0.2, 0.25) is 0 Å². The fourth-order valence-corrected chi connectivity index (χ4v) is 3.26. The molecule has 0 N–H and O–H groups in total.